The first-order valence-corrected chi connectivity index (χ1v) is 7.14. The Kier molecular flexibility index (Phi) is 3.89. The lowest BCUT2D eigenvalue weighted by molar-refractivity contribution is -0.145. The minimum Gasteiger partial charge on any atom is -0.478 e. The second-order valence-electron chi connectivity index (χ2n) is 5.48. The van der Waals surface area contributed by atoms with E-state index in [0.29, 0.717) is 31.9 Å². The zero-order chi connectivity index (χ0) is 17.5. The molecule has 2 aromatic heterocycles. The first kappa shape index (κ1) is 16.2. The third kappa shape index (κ3) is 2.78. The Balaban J connectivity index is 1.82. The van der Waals surface area contributed by atoms with Crippen molar-refractivity contribution in [2.24, 2.45) is 7.05 Å². The Hall–Kier alpha value is -2.66. The predicted octanol–water partition coefficient (Wildman–Crippen LogP) is 0.965. The van der Waals surface area contributed by atoms with Crippen molar-refractivity contribution in [3.8, 4) is 0 Å². The number of rotatable bonds is 3. The lowest BCUT2D eigenvalue weighted by Gasteiger charge is -2.32. The molecule has 1 saturated heterocycles. The molecule has 0 aromatic carbocycles. The summed E-state index contributed by atoms with van der Waals surface area (Å²) in [5.41, 5.74) is -2.05. The van der Waals surface area contributed by atoms with Crippen molar-refractivity contribution in [3.05, 3.63) is 17.5 Å². The van der Waals surface area contributed by atoms with Crippen molar-refractivity contribution < 1.29 is 23.1 Å². The molecular formula is C12H14F3N7O2. The number of aromatic carboxylic acids is 1. The molecule has 0 radical (unpaired) electrons. The molecule has 0 aliphatic carbocycles. The van der Waals surface area contributed by atoms with Crippen molar-refractivity contribution in [1.29, 1.82) is 0 Å². The van der Waals surface area contributed by atoms with Crippen LogP contribution in [0.5, 0.6) is 0 Å². The van der Waals surface area contributed by atoms with Crippen molar-refractivity contribution in [2.45, 2.75) is 25.1 Å². The molecule has 2 aromatic rings. The van der Waals surface area contributed by atoms with E-state index in [1.807, 2.05) is 4.90 Å². The van der Waals surface area contributed by atoms with Crippen LogP contribution < -0.4 is 4.90 Å². The van der Waals surface area contributed by atoms with Gasteiger partial charge in [-0.15, -0.1) is 0 Å². The van der Waals surface area contributed by atoms with Crippen molar-refractivity contribution in [1.82, 2.24) is 30.0 Å². The predicted molar refractivity (Wildman–Crippen MR) is 73.5 cm³/mol. The Morgan fingerprint density at radius 1 is 1.33 bits per heavy atom. The van der Waals surface area contributed by atoms with Crippen LogP contribution in [-0.2, 0) is 13.2 Å². The van der Waals surface area contributed by atoms with Crippen LogP contribution in [0.2, 0.25) is 0 Å². The highest BCUT2D eigenvalue weighted by molar-refractivity contribution is 5.88. The summed E-state index contributed by atoms with van der Waals surface area (Å²) in [6.07, 6.45) is -3.29. The molecule has 0 atom stereocenters. The summed E-state index contributed by atoms with van der Waals surface area (Å²) in [4.78, 5) is 12.9. The summed E-state index contributed by atoms with van der Waals surface area (Å²) in [7, 11) is 1.68. The smallest absolute Gasteiger partial charge is 0.433 e. The third-order valence-corrected chi connectivity index (χ3v) is 3.99. The van der Waals surface area contributed by atoms with Crippen LogP contribution in [-0.4, -0.2) is 54.2 Å². The molecule has 24 heavy (non-hydrogen) atoms. The van der Waals surface area contributed by atoms with Gasteiger partial charge in [0.25, 0.3) is 0 Å². The van der Waals surface area contributed by atoms with E-state index in [0.717, 1.165) is 10.9 Å². The Bertz CT molecular complexity index is 746. The van der Waals surface area contributed by atoms with Gasteiger partial charge in [0.05, 0.1) is 12.2 Å². The number of nitrogens with zero attached hydrogens (tertiary/aromatic N) is 7. The van der Waals surface area contributed by atoms with Gasteiger partial charge in [-0.05, 0) is 23.3 Å². The van der Waals surface area contributed by atoms with E-state index in [4.69, 9.17) is 5.11 Å². The summed E-state index contributed by atoms with van der Waals surface area (Å²) in [6.45, 7) is 0.886. The van der Waals surface area contributed by atoms with Crippen LogP contribution in [0.25, 0.3) is 0 Å². The van der Waals surface area contributed by atoms with Crippen molar-refractivity contribution in [2.75, 3.05) is 18.0 Å². The number of piperidine rings is 1. The van der Waals surface area contributed by atoms with E-state index in [9.17, 15) is 18.0 Å². The molecule has 1 N–H and O–H groups in total. The molecule has 9 nitrogen and oxygen atoms in total. The van der Waals surface area contributed by atoms with Crippen LogP contribution in [0, 0.1) is 0 Å². The largest absolute Gasteiger partial charge is 0.478 e. The molecule has 1 aliphatic heterocycles. The van der Waals surface area contributed by atoms with Gasteiger partial charge in [0.15, 0.2) is 5.69 Å². The van der Waals surface area contributed by atoms with Crippen LogP contribution in [0.1, 0.15) is 34.9 Å². The van der Waals surface area contributed by atoms with Crippen molar-refractivity contribution in [3.63, 3.8) is 0 Å². The number of halogens is 3. The summed E-state index contributed by atoms with van der Waals surface area (Å²) < 4.78 is 42.0. The van der Waals surface area contributed by atoms with Gasteiger partial charge < -0.3 is 10.0 Å². The minimum absolute atomic E-state index is 0.372. The number of aryl methyl sites for hydroxylation is 1. The zero-order valence-corrected chi connectivity index (χ0v) is 12.6. The molecule has 0 saturated carbocycles. The second-order valence-corrected chi connectivity index (χ2v) is 5.48. The standard InChI is InChI=1S/C12H14F3N7O2/c1-20-11(17-18-19-20)21-4-2-7(3-5-21)22-9(12(13,14)15)8(6-16-22)10(23)24/h6-7H,2-5H2,1H3,(H,23,24). The Morgan fingerprint density at radius 2 is 2.00 bits per heavy atom. The third-order valence-electron chi connectivity index (χ3n) is 3.99. The van der Waals surface area contributed by atoms with Crippen molar-refractivity contribution >= 4 is 11.9 Å². The fourth-order valence-corrected chi connectivity index (χ4v) is 2.88. The van der Waals surface area contributed by atoms with E-state index >= 15 is 0 Å². The summed E-state index contributed by atoms with van der Waals surface area (Å²) in [5, 5.41) is 23.8. The Morgan fingerprint density at radius 3 is 2.50 bits per heavy atom. The fourth-order valence-electron chi connectivity index (χ4n) is 2.88. The number of hydrogen-bond acceptors (Lipinski definition) is 6. The molecular weight excluding hydrogens is 331 g/mol. The molecule has 0 spiro atoms. The number of carboxylic acid groups (broad SMARTS) is 1. The zero-order valence-electron chi connectivity index (χ0n) is 12.6. The van der Waals surface area contributed by atoms with Crippen LogP contribution >= 0.6 is 0 Å². The molecule has 0 unspecified atom stereocenters. The summed E-state index contributed by atoms with van der Waals surface area (Å²) >= 11 is 0. The second kappa shape index (κ2) is 5.76. The molecule has 0 bridgehead atoms. The van der Waals surface area contributed by atoms with E-state index in [-0.39, 0.29) is 0 Å². The van der Waals surface area contributed by atoms with Gasteiger partial charge in [-0.25, -0.2) is 9.48 Å². The highest BCUT2D eigenvalue weighted by Gasteiger charge is 2.42. The summed E-state index contributed by atoms with van der Waals surface area (Å²) in [5.74, 6) is -1.10. The first-order chi connectivity index (χ1) is 11.3. The number of carboxylic acids is 1. The maximum Gasteiger partial charge on any atom is 0.433 e. The van der Waals surface area contributed by atoms with E-state index < -0.39 is 29.4 Å². The molecule has 130 valence electrons. The van der Waals surface area contributed by atoms with E-state index in [1.165, 1.54) is 4.68 Å². The first-order valence-electron chi connectivity index (χ1n) is 7.14. The molecule has 0 amide bonds. The number of anilines is 1. The number of carbonyl (C=O) groups is 1. The van der Waals surface area contributed by atoms with Gasteiger partial charge in [-0.2, -0.15) is 18.3 Å². The number of alkyl halides is 3. The fraction of sp³-hybridized carbons (Fsp3) is 0.583. The lowest BCUT2D eigenvalue weighted by atomic mass is 10.0. The van der Waals surface area contributed by atoms with Crippen LogP contribution in [0.4, 0.5) is 19.1 Å². The monoisotopic (exact) mass is 345 g/mol. The maximum absolute atomic E-state index is 13.2. The molecule has 12 heteroatoms. The topological polar surface area (TPSA) is 102 Å². The average Bonchev–Trinajstić information content (AvgIpc) is 3.13. The van der Waals surface area contributed by atoms with Gasteiger partial charge in [-0.1, -0.05) is 5.10 Å². The van der Waals surface area contributed by atoms with Gasteiger partial charge >= 0.3 is 12.1 Å². The molecule has 3 rings (SSSR count). The lowest BCUT2D eigenvalue weighted by Crippen LogP contribution is -2.37. The number of hydrogen-bond donors (Lipinski definition) is 1. The van der Waals surface area contributed by atoms with E-state index in [1.54, 1.807) is 7.05 Å². The number of aromatic nitrogens is 6. The quantitative estimate of drug-likeness (QED) is 0.884. The van der Waals surface area contributed by atoms with Crippen LogP contribution in [0.3, 0.4) is 0 Å². The molecule has 1 fully saturated rings. The highest BCUT2D eigenvalue weighted by Crippen LogP contribution is 2.36. The highest BCUT2D eigenvalue weighted by atomic mass is 19.4. The Labute approximate surface area is 133 Å². The van der Waals surface area contributed by atoms with Gasteiger partial charge in [-0.3, -0.25) is 4.68 Å². The minimum atomic E-state index is -4.78. The van der Waals surface area contributed by atoms with Gasteiger partial charge in [0, 0.05) is 20.1 Å². The maximum atomic E-state index is 13.2. The SMILES string of the molecule is Cn1nnnc1N1CCC(n2ncc(C(=O)O)c2C(F)(F)F)CC1. The molecule has 3 heterocycles. The van der Waals surface area contributed by atoms with Gasteiger partial charge in [0.2, 0.25) is 5.95 Å². The summed E-state index contributed by atoms with van der Waals surface area (Å²) in [6, 6.07) is -0.535. The van der Waals surface area contributed by atoms with Crippen LogP contribution in [0.15, 0.2) is 6.20 Å². The molecule has 1 aliphatic rings. The normalized spacial score (nSPS) is 16.6. The average molecular weight is 345 g/mol. The van der Waals surface area contributed by atoms with E-state index in [2.05, 4.69) is 20.6 Å². The van der Waals surface area contributed by atoms with Gasteiger partial charge in [0.1, 0.15) is 5.56 Å². The number of tetrazole rings is 1.